The zero-order valence-corrected chi connectivity index (χ0v) is 32.3. The number of nitrogens with zero attached hydrogens (tertiary/aromatic N) is 2. The van der Waals surface area contributed by atoms with Crippen LogP contribution in [0.2, 0.25) is 0 Å². The Morgan fingerprint density at radius 3 is 2.19 bits per heavy atom. The average molecular weight is 743 g/mol. The van der Waals surface area contributed by atoms with Crippen LogP contribution in [0.15, 0.2) is 42.5 Å². The molecule has 2 N–H and O–H groups in total. The second kappa shape index (κ2) is 15.2. The number of piperidine rings is 2. The maximum Gasteiger partial charge on any atom is 0.165 e. The highest BCUT2D eigenvalue weighted by Gasteiger charge is 2.54. The van der Waals surface area contributed by atoms with Crippen molar-refractivity contribution in [3.63, 3.8) is 0 Å². The molecule has 54 heavy (non-hydrogen) atoms. The lowest BCUT2D eigenvalue weighted by Crippen LogP contribution is -2.52. The van der Waals surface area contributed by atoms with E-state index in [-0.39, 0.29) is 18.0 Å². The molecule has 0 amide bonds. The van der Waals surface area contributed by atoms with E-state index in [0.717, 1.165) is 82.4 Å². The van der Waals surface area contributed by atoms with Crippen LogP contribution in [-0.4, -0.2) is 113 Å². The molecule has 8 aliphatic rings. The second-order valence-corrected chi connectivity index (χ2v) is 18.9. The van der Waals surface area contributed by atoms with Gasteiger partial charge in [-0.1, -0.05) is 30.3 Å². The molecule has 294 valence electrons. The van der Waals surface area contributed by atoms with Crippen LogP contribution in [0, 0.1) is 28.5 Å². The lowest BCUT2D eigenvalue weighted by atomic mass is 9.78. The van der Waals surface area contributed by atoms with Gasteiger partial charge in [0.05, 0.1) is 25.9 Å². The summed E-state index contributed by atoms with van der Waals surface area (Å²) in [5, 5.41) is 7.15. The maximum atomic E-state index is 15.0. The van der Waals surface area contributed by atoms with Gasteiger partial charge in [0.1, 0.15) is 11.9 Å². The summed E-state index contributed by atoms with van der Waals surface area (Å²) in [6, 6.07) is 15.8. The number of para-hydroxylation sites is 2. The van der Waals surface area contributed by atoms with Crippen molar-refractivity contribution in [3.8, 4) is 11.5 Å². The van der Waals surface area contributed by atoms with Crippen molar-refractivity contribution < 1.29 is 23.3 Å². The predicted octanol–water partition coefficient (Wildman–Crippen LogP) is 6.35. The van der Waals surface area contributed by atoms with Crippen LogP contribution < -0.4 is 20.1 Å². The fourth-order valence-corrected chi connectivity index (χ4v) is 12.2. The molecule has 6 heterocycles. The number of benzene rings is 2. The van der Waals surface area contributed by atoms with E-state index in [1.165, 1.54) is 82.8 Å². The van der Waals surface area contributed by atoms with Gasteiger partial charge >= 0.3 is 0 Å². The van der Waals surface area contributed by atoms with E-state index in [9.17, 15) is 0 Å². The van der Waals surface area contributed by atoms with Gasteiger partial charge in [-0.25, -0.2) is 4.39 Å². The van der Waals surface area contributed by atoms with E-state index in [1.807, 2.05) is 6.07 Å². The Hall–Kier alpha value is -2.27. The molecule has 0 bridgehead atoms. The quantitative estimate of drug-likeness (QED) is 0.293. The van der Waals surface area contributed by atoms with Crippen LogP contribution >= 0.6 is 0 Å². The minimum absolute atomic E-state index is 0.0332. The summed E-state index contributed by atoms with van der Waals surface area (Å²) in [6.45, 7) is 12.0. The number of ether oxygens (including phenoxy) is 4. The van der Waals surface area contributed by atoms with Crippen LogP contribution in [0.25, 0.3) is 0 Å². The molecule has 2 spiro atoms. The Kier molecular flexibility index (Phi) is 10.2. The Morgan fingerprint density at radius 1 is 0.759 bits per heavy atom. The van der Waals surface area contributed by atoms with E-state index in [0.29, 0.717) is 59.5 Å². The van der Waals surface area contributed by atoms with Crippen LogP contribution in [0.3, 0.4) is 0 Å². The number of rotatable bonds is 10. The van der Waals surface area contributed by atoms with Crippen molar-refractivity contribution in [2.24, 2.45) is 22.7 Å². The van der Waals surface area contributed by atoms with Crippen molar-refractivity contribution in [2.75, 3.05) is 78.8 Å². The Balaban J connectivity index is 0.754. The zero-order valence-electron chi connectivity index (χ0n) is 32.3. The third kappa shape index (κ3) is 7.13. The summed E-state index contributed by atoms with van der Waals surface area (Å²) in [4.78, 5) is 5.61. The first-order valence-corrected chi connectivity index (χ1v) is 21.8. The lowest BCUT2D eigenvalue weighted by Gasteiger charge is -2.43. The number of hydrogen-bond acceptors (Lipinski definition) is 8. The fraction of sp³-hybridized carbons (Fsp3) is 0.733. The van der Waals surface area contributed by atoms with Crippen LogP contribution in [0.4, 0.5) is 4.39 Å². The van der Waals surface area contributed by atoms with Crippen molar-refractivity contribution in [2.45, 2.75) is 107 Å². The van der Waals surface area contributed by atoms with E-state index >= 15 is 4.39 Å². The van der Waals surface area contributed by atoms with Crippen LogP contribution in [0.1, 0.15) is 93.6 Å². The Morgan fingerprint density at radius 2 is 1.48 bits per heavy atom. The molecule has 2 aliphatic carbocycles. The van der Waals surface area contributed by atoms with E-state index in [1.54, 1.807) is 0 Å². The molecule has 10 rings (SSSR count). The first-order chi connectivity index (χ1) is 26.5. The number of nitrogens with one attached hydrogen (secondary N) is 2. The van der Waals surface area contributed by atoms with Gasteiger partial charge in [-0.2, -0.15) is 0 Å². The van der Waals surface area contributed by atoms with Crippen molar-refractivity contribution in [3.05, 3.63) is 59.4 Å². The van der Waals surface area contributed by atoms with Gasteiger partial charge < -0.3 is 34.5 Å². The molecular formula is C45H63FN4O4. The van der Waals surface area contributed by atoms with Gasteiger partial charge in [-0.15, -0.1) is 0 Å². The Labute approximate surface area is 322 Å². The summed E-state index contributed by atoms with van der Waals surface area (Å²) in [5.74, 6) is 3.31. The molecule has 9 heteroatoms. The summed E-state index contributed by atoms with van der Waals surface area (Å²) in [7, 11) is 0. The van der Waals surface area contributed by atoms with Crippen LogP contribution in [0.5, 0.6) is 11.5 Å². The molecule has 2 aromatic carbocycles. The summed E-state index contributed by atoms with van der Waals surface area (Å²) in [6.07, 6.45) is 13.7. The molecule has 6 aliphatic heterocycles. The first kappa shape index (κ1) is 36.1. The first-order valence-electron chi connectivity index (χ1n) is 21.8. The minimum Gasteiger partial charge on any atom is -0.493 e. The smallest absolute Gasteiger partial charge is 0.165 e. The van der Waals surface area contributed by atoms with E-state index in [4.69, 9.17) is 18.9 Å². The molecule has 0 radical (unpaired) electrons. The summed E-state index contributed by atoms with van der Waals surface area (Å²) in [5.41, 5.74) is 3.50. The largest absolute Gasteiger partial charge is 0.493 e. The fourth-order valence-electron chi connectivity index (χ4n) is 12.2. The van der Waals surface area contributed by atoms with Gasteiger partial charge in [-0.05, 0) is 143 Å². The summed E-state index contributed by atoms with van der Waals surface area (Å²) < 4.78 is 39.9. The monoisotopic (exact) mass is 742 g/mol. The number of hydrogen-bond donors (Lipinski definition) is 2. The van der Waals surface area contributed by atoms with Gasteiger partial charge in [0.2, 0.25) is 0 Å². The van der Waals surface area contributed by atoms with Gasteiger partial charge in [-0.3, -0.25) is 4.90 Å². The van der Waals surface area contributed by atoms with Gasteiger partial charge in [0.25, 0.3) is 0 Å². The molecule has 8 nitrogen and oxygen atoms in total. The predicted molar refractivity (Wildman–Crippen MR) is 208 cm³/mol. The Bertz CT molecular complexity index is 1600. The highest BCUT2D eigenvalue weighted by atomic mass is 19.1. The highest BCUT2D eigenvalue weighted by molar-refractivity contribution is 5.39. The molecule has 6 saturated heterocycles. The van der Waals surface area contributed by atoms with Gasteiger partial charge in [0, 0.05) is 56.4 Å². The van der Waals surface area contributed by atoms with Crippen LogP contribution in [-0.2, 0) is 9.47 Å². The van der Waals surface area contributed by atoms with E-state index in [2.05, 4.69) is 50.8 Å². The molecule has 2 saturated carbocycles. The normalized spacial score (nSPS) is 33.4. The molecule has 8 fully saturated rings. The molecule has 5 atom stereocenters. The third-order valence-electron chi connectivity index (χ3n) is 15.6. The number of likely N-dealkylation sites (tertiary alicyclic amines) is 2. The van der Waals surface area contributed by atoms with Gasteiger partial charge in [0.15, 0.2) is 11.6 Å². The lowest BCUT2D eigenvalue weighted by molar-refractivity contribution is -0.0815. The maximum absolute atomic E-state index is 15.0. The third-order valence-corrected chi connectivity index (χ3v) is 15.6. The van der Waals surface area contributed by atoms with Crippen molar-refractivity contribution in [1.29, 1.82) is 0 Å². The molecule has 3 unspecified atom stereocenters. The number of halogens is 1. The molecular weight excluding hydrogens is 680 g/mol. The minimum atomic E-state index is -0.242. The summed E-state index contributed by atoms with van der Waals surface area (Å²) >= 11 is 0. The van der Waals surface area contributed by atoms with E-state index < -0.39 is 0 Å². The average Bonchev–Trinajstić information content (AvgIpc) is 3.82. The molecule has 2 aromatic rings. The standard InChI is InChI=1S/C45H63FN4O4/c46-39-6-3-5-37(43(39)54-35-25-51-26-35)33-11-17-50(18-12-33)40-23-45(29-48-30-45)22-38(40)42-20-31(13-19-52-42)24-53-41-7-2-1-4-36(41)32-9-15-49(16-10-32)34-8-14-44(21-34)27-47-28-44/h1-7,31-35,38,40,42,47-48H,8-30H2/t31?,34-,38?,40+,42?/m1/s1. The highest BCUT2D eigenvalue weighted by Crippen LogP contribution is 2.51. The SMILES string of the molecule is Fc1cccc(C2CCN([C@H]3CC4(CNC4)CC3C3CC(COc4ccccc4C4CCN([C@@H]5CCC6(CNC6)C5)CC4)CCO3)CC2)c1OC1COC1. The van der Waals surface area contributed by atoms with Crippen molar-refractivity contribution in [1.82, 2.24) is 20.4 Å². The topological polar surface area (TPSA) is 67.5 Å². The zero-order chi connectivity index (χ0) is 36.1. The second-order valence-electron chi connectivity index (χ2n) is 18.9. The van der Waals surface area contributed by atoms with Crippen molar-refractivity contribution >= 4 is 0 Å². The molecule has 0 aromatic heterocycles.